The minimum Gasteiger partial charge on any atom is -0.397 e. The van der Waals surface area contributed by atoms with Crippen LogP contribution in [0.1, 0.15) is 32.6 Å². The number of pyridine rings is 1. The average molecular weight is 255 g/mol. The van der Waals surface area contributed by atoms with Crippen LogP contribution in [0.5, 0.6) is 0 Å². The molecule has 1 fully saturated rings. The van der Waals surface area contributed by atoms with E-state index in [1.54, 1.807) is 6.20 Å². The number of fused-ring (bicyclic) bond motifs is 1. The molecule has 19 heavy (non-hydrogen) atoms. The van der Waals surface area contributed by atoms with Crippen LogP contribution in [0.3, 0.4) is 0 Å². The highest BCUT2D eigenvalue weighted by molar-refractivity contribution is 5.96. The third-order valence-corrected chi connectivity index (χ3v) is 4.22. The fourth-order valence-electron chi connectivity index (χ4n) is 2.83. The summed E-state index contributed by atoms with van der Waals surface area (Å²) in [6.07, 6.45) is 7.08. The molecular weight excluding hydrogens is 234 g/mol. The summed E-state index contributed by atoms with van der Waals surface area (Å²) in [5.41, 5.74) is 9.59. The second-order valence-electron chi connectivity index (χ2n) is 5.70. The summed E-state index contributed by atoms with van der Waals surface area (Å²) < 4.78 is 0. The van der Waals surface area contributed by atoms with Crippen molar-refractivity contribution in [1.82, 2.24) is 4.98 Å². The van der Waals surface area contributed by atoms with Crippen LogP contribution < -0.4 is 11.1 Å². The van der Waals surface area contributed by atoms with Crippen LogP contribution in [0, 0.1) is 5.41 Å². The second-order valence-corrected chi connectivity index (χ2v) is 5.70. The summed E-state index contributed by atoms with van der Waals surface area (Å²) in [5, 5.41) is 4.57. The van der Waals surface area contributed by atoms with E-state index >= 15 is 0 Å². The van der Waals surface area contributed by atoms with Crippen LogP contribution in [-0.4, -0.2) is 11.5 Å². The number of hydrogen-bond acceptors (Lipinski definition) is 3. The van der Waals surface area contributed by atoms with E-state index in [0.29, 0.717) is 5.41 Å². The number of aromatic nitrogens is 1. The first-order chi connectivity index (χ1) is 9.24. The summed E-state index contributed by atoms with van der Waals surface area (Å²) in [5.74, 6) is 0. The van der Waals surface area contributed by atoms with Gasteiger partial charge in [-0.15, -0.1) is 0 Å². The van der Waals surface area contributed by atoms with Crippen LogP contribution in [0.4, 0.5) is 11.4 Å². The Hall–Kier alpha value is -1.77. The van der Waals surface area contributed by atoms with Gasteiger partial charge in [0.1, 0.15) is 0 Å². The number of nitrogens with one attached hydrogen (secondary N) is 1. The number of nitrogen functional groups attached to an aromatic ring is 1. The standard InChI is InChI=1S/C16H21N3/c1-2-7-16(8-9-16)11-19-14-6-5-13-12(15(14)17)4-3-10-18-13/h3-6,10,19H,2,7-9,11,17H2,1H3. The highest BCUT2D eigenvalue weighted by atomic mass is 14.9. The van der Waals surface area contributed by atoms with Gasteiger partial charge in [-0.25, -0.2) is 0 Å². The number of anilines is 2. The predicted octanol–water partition coefficient (Wildman–Crippen LogP) is 3.81. The molecule has 3 heteroatoms. The van der Waals surface area contributed by atoms with Crippen molar-refractivity contribution in [2.24, 2.45) is 5.41 Å². The van der Waals surface area contributed by atoms with Crippen molar-refractivity contribution in [3.8, 4) is 0 Å². The number of nitrogens with zero attached hydrogens (tertiary/aromatic N) is 1. The fourth-order valence-corrected chi connectivity index (χ4v) is 2.83. The monoisotopic (exact) mass is 255 g/mol. The molecule has 3 N–H and O–H groups in total. The average Bonchev–Trinajstić information content (AvgIpc) is 3.19. The molecule has 1 aliphatic rings. The maximum Gasteiger partial charge on any atom is 0.0724 e. The first-order valence-electron chi connectivity index (χ1n) is 7.11. The van der Waals surface area contributed by atoms with E-state index in [-0.39, 0.29) is 0 Å². The molecule has 2 aromatic rings. The van der Waals surface area contributed by atoms with Crippen molar-refractivity contribution < 1.29 is 0 Å². The Morgan fingerprint density at radius 3 is 2.89 bits per heavy atom. The van der Waals surface area contributed by atoms with Gasteiger partial charge in [0.05, 0.1) is 16.9 Å². The topological polar surface area (TPSA) is 50.9 Å². The van der Waals surface area contributed by atoms with E-state index in [0.717, 1.165) is 28.8 Å². The van der Waals surface area contributed by atoms with Crippen LogP contribution in [0.25, 0.3) is 10.9 Å². The Bertz CT molecular complexity index is 588. The summed E-state index contributed by atoms with van der Waals surface area (Å²) in [6.45, 7) is 3.30. The van der Waals surface area contributed by atoms with Gasteiger partial charge in [0.2, 0.25) is 0 Å². The Morgan fingerprint density at radius 1 is 1.32 bits per heavy atom. The molecule has 0 amide bonds. The summed E-state index contributed by atoms with van der Waals surface area (Å²) in [7, 11) is 0. The zero-order chi connectivity index (χ0) is 13.3. The molecule has 1 heterocycles. The lowest BCUT2D eigenvalue weighted by Gasteiger charge is -2.17. The first kappa shape index (κ1) is 12.3. The van der Waals surface area contributed by atoms with Crippen molar-refractivity contribution in [2.45, 2.75) is 32.6 Å². The molecule has 0 unspecified atom stereocenters. The molecule has 100 valence electrons. The highest BCUT2D eigenvalue weighted by Crippen LogP contribution is 2.49. The van der Waals surface area contributed by atoms with Crippen LogP contribution in [0.15, 0.2) is 30.5 Å². The Balaban J connectivity index is 1.80. The van der Waals surface area contributed by atoms with Crippen molar-refractivity contribution >= 4 is 22.3 Å². The zero-order valence-electron chi connectivity index (χ0n) is 11.4. The predicted molar refractivity (Wildman–Crippen MR) is 81.2 cm³/mol. The van der Waals surface area contributed by atoms with Gasteiger partial charge >= 0.3 is 0 Å². The molecule has 1 aromatic carbocycles. The molecule has 0 bridgehead atoms. The van der Waals surface area contributed by atoms with Crippen LogP contribution >= 0.6 is 0 Å². The lowest BCUT2D eigenvalue weighted by Crippen LogP contribution is -2.16. The number of nitrogens with two attached hydrogens (primary N) is 1. The summed E-state index contributed by atoms with van der Waals surface area (Å²) >= 11 is 0. The van der Waals surface area contributed by atoms with Gasteiger partial charge in [-0.1, -0.05) is 13.3 Å². The van der Waals surface area contributed by atoms with E-state index in [4.69, 9.17) is 5.73 Å². The van der Waals surface area contributed by atoms with Gasteiger partial charge in [-0.05, 0) is 48.9 Å². The molecular formula is C16H21N3. The van der Waals surface area contributed by atoms with Gasteiger partial charge in [-0.3, -0.25) is 4.98 Å². The fraction of sp³-hybridized carbons (Fsp3) is 0.438. The number of rotatable bonds is 5. The number of hydrogen-bond donors (Lipinski definition) is 2. The van der Waals surface area contributed by atoms with E-state index in [2.05, 4.69) is 17.2 Å². The lowest BCUT2D eigenvalue weighted by molar-refractivity contribution is 0.486. The molecule has 1 aromatic heterocycles. The molecule has 1 saturated carbocycles. The van der Waals surface area contributed by atoms with E-state index in [9.17, 15) is 0 Å². The Kier molecular flexibility index (Phi) is 3.05. The highest BCUT2D eigenvalue weighted by Gasteiger charge is 2.41. The maximum atomic E-state index is 6.24. The van der Waals surface area contributed by atoms with Crippen molar-refractivity contribution in [3.63, 3.8) is 0 Å². The van der Waals surface area contributed by atoms with Gasteiger partial charge in [0.25, 0.3) is 0 Å². The van der Waals surface area contributed by atoms with E-state index in [1.165, 1.54) is 25.7 Å². The van der Waals surface area contributed by atoms with Crippen LogP contribution in [0.2, 0.25) is 0 Å². The first-order valence-corrected chi connectivity index (χ1v) is 7.11. The Labute approximate surface area is 114 Å². The van der Waals surface area contributed by atoms with Gasteiger partial charge < -0.3 is 11.1 Å². The Morgan fingerprint density at radius 2 is 2.16 bits per heavy atom. The van der Waals surface area contributed by atoms with Crippen LogP contribution in [-0.2, 0) is 0 Å². The number of benzene rings is 1. The lowest BCUT2D eigenvalue weighted by atomic mass is 10.0. The molecule has 0 aliphatic heterocycles. The normalized spacial score (nSPS) is 16.5. The third-order valence-electron chi connectivity index (χ3n) is 4.22. The summed E-state index contributed by atoms with van der Waals surface area (Å²) in [6, 6.07) is 8.05. The SMILES string of the molecule is CCCC1(CNc2ccc3ncccc3c2N)CC1. The van der Waals surface area contributed by atoms with Gasteiger partial charge in [-0.2, -0.15) is 0 Å². The summed E-state index contributed by atoms with van der Waals surface area (Å²) in [4.78, 5) is 4.33. The van der Waals surface area contributed by atoms with E-state index < -0.39 is 0 Å². The molecule has 0 radical (unpaired) electrons. The smallest absolute Gasteiger partial charge is 0.0724 e. The molecule has 0 spiro atoms. The van der Waals surface area contributed by atoms with Crippen molar-refractivity contribution in [3.05, 3.63) is 30.5 Å². The van der Waals surface area contributed by atoms with Crippen molar-refractivity contribution in [1.29, 1.82) is 0 Å². The molecule has 0 atom stereocenters. The molecule has 0 saturated heterocycles. The minimum atomic E-state index is 0.533. The third kappa shape index (κ3) is 2.37. The van der Waals surface area contributed by atoms with Gasteiger partial charge in [0, 0.05) is 18.1 Å². The molecule has 3 rings (SSSR count). The second kappa shape index (κ2) is 4.72. The quantitative estimate of drug-likeness (QED) is 0.799. The zero-order valence-corrected chi connectivity index (χ0v) is 11.4. The molecule has 3 nitrogen and oxygen atoms in total. The molecule has 1 aliphatic carbocycles. The van der Waals surface area contributed by atoms with Crippen molar-refractivity contribution in [2.75, 3.05) is 17.6 Å². The largest absolute Gasteiger partial charge is 0.397 e. The maximum absolute atomic E-state index is 6.24. The van der Waals surface area contributed by atoms with Gasteiger partial charge in [0.15, 0.2) is 0 Å². The van der Waals surface area contributed by atoms with E-state index in [1.807, 2.05) is 24.3 Å². The minimum absolute atomic E-state index is 0.533.